The van der Waals surface area contributed by atoms with Gasteiger partial charge >= 0.3 is 0 Å². The van der Waals surface area contributed by atoms with Crippen LogP contribution in [0.25, 0.3) is 0 Å². The molecule has 0 spiro atoms. The summed E-state index contributed by atoms with van der Waals surface area (Å²) in [6.45, 7) is 3.58. The fourth-order valence-corrected chi connectivity index (χ4v) is 3.03. The first-order valence-corrected chi connectivity index (χ1v) is 7.40. The van der Waals surface area contributed by atoms with Crippen molar-refractivity contribution in [1.29, 1.82) is 0 Å². The maximum atomic E-state index is 13.1. The van der Waals surface area contributed by atoms with Crippen LogP contribution in [0, 0.1) is 11.2 Å². The van der Waals surface area contributed by atoms with Crippen molar-refractivity contribution in [3.05, 3.63) is 35.6 Å². The summed E-state index contributed by atoms with van der Waals surface area (Å²) in [6.07, 6.45) is 2.42. The van der Waals surface area contributed by atoms with E-state index >= 15 is 0 Å². The Hall–Kier alpha value is -1.46. The topological polar surface area (TPSA) is 38.8 Å². The molecule has 2 heterocycles. The van der Waals surface area contributed by atoms with Crippen LogP contribution >= 0.6 is 0 Å². The Bertz CT molecular complexity index is 511. The molecule has 2 atom stereocenters. The number of carbonyl (C=O) groups excluding carboxylic acids is 1. The molecular formula is C16H20FNO3. The van der Waals surface area contributed by atoms with E-state index in [1.54, 1.807) is 12.1 Å². The van der Waals surface area contributed by atoms with E-state index in [0.717, 1.165) is 24.8 Å². The van der Waals surface area contributed by atoms with Crippen molar-refractivity contribution in [2.24, 2.45) is 5.41 Å². The second-order valence-corrected chi connectivity index (χ2v) is 6.04. The Morgan fingerprint density at radius 2 is 2.10 bits per heavy atom. The maximum absolute atomic E-state index is 13.1. The van der Waals surface area contributed by atoms with Gasteiger partial charge in [-0.25, -0.2) is 9.45 Å². The lowest BCUT2D eigenvalue weighted by Crippen LogP contribution is -2.45. The Labute approximate surface area is 123 Å². The number of carbonyl (C=O) groups is 1. The van der Waals surface area contributed by atoms with Crippen LogP contribution in [0.4, 0.5) is 4.39 Å². The number of rotatable bonds is 2. The van der Waals surface area contributed by atoms with Crippen LogP contribution in [0.15, 0.2) is 24.3 Å². The lowest BCUT2D eigenvalue weighted by atomic mass is 9.83. The second kappa shape index (κ2) is 5.73. The third-order valence-electron chi connectivity index (χ3n) is 4.31. The monoisotopic (exact) mass is 293 g/mol. The van der Waals surface area contributed by atoms with Crippen LogP contribution in [0.5, 0.6) is 0 Å². The standard InChI is InChI=1S/C16H20FNO3/c1-16(8-2-9-20-11-16)15(19)18-14(7-10-21-18)12-3-5-13(17)6-4-12/h3-6,14H,2,7-11H2,1H3/t14-,16+/m0/s1. The van der Waals surface area contributed by atoms with Crippen molar-refractivity contribution in [2.75, 3.05) is 19.8 Å². The molecule has 0 unspecified atom stereocenters. The Kier molecular flexibility index (Phi) is 3.95. The summed E-state index contributed by atoms with van der Waals surface area (Å²) >= 11 is 0. The highest BCUT2D eigenvalue weighted by Gasteiger charge is 2.43. The van der Waals surface area contributed by atoms with Gasteiger partial charge in [-0.3, -0.25) is 9.63 Å². The van der Waals surface area contributed by atoms with Crippen molar-refractivity contribution in [1.82, 2.24) is 5.06 Å². The van der Waals surface area contributed by atoms with Gasteiger partial charge in [-0.15, -0.1) is 0 Å². The molecule has 21 heavy (non-hydrogen) atoms. The molecule has 1 aromatic rings. The lowest BCUT2D eigenvalue weighted by molar-refractivity contribution is -0.193. The zero-order chi connectivity index (χ0) is 14.9. The molecule has 5 heteroatoms. The summed E-state index contributed by atoms with van der Waals surface area (Å²) in [4.78, 5) is 18.4. The summed E-state index contributed by atoms with van der Waals surface area (Å²) in [7, 11) is 0. The molecule has 114 valence electrons. The van der Waals surface area contributed by atoms with E-state index < -0.39 is 5.41 Å². The molecule has 0 N–H and O–H groups in total. The number of ether oxygens (including phenoxy) is 1. The molecule has 3 rings (SSSR count). The fourth-order valence-electron chi connectivity index (χ4n) is 3.03. The van der Waals surface area contributed by atoms with E-state index in [9.17, 15) is 9.18 Å². The molecule has 0 saturated carbocycles. The van der Waals surface area contributed by atoms with E-state index in [-0.39, 0.29) is 17.8 Å². The Morgan fingerprint density at radius 3 is 2.76 bits per heavy atom. The predicted molar refractivity (Wildman–Crippen MR) is 74.7 cm³/mol. The third-order valence-corrected chi connectivity index (χ3v) is 4.31. The van der Waals surface area contributed by atoms with Gasteiger partial charge in [0.1, 0.15) is 5.82 Å². The highest BCUT2D eigenvalue weighted by molar-refractivity contribution is 5.82. The molecular weight excluding hydrogens is 273 g/mol. The molecule has 0 aliphatic carbocycles. The van der Waals surface area contributed by atoms with E-state index in [4.69, 9.17) is 9.57 Å². The number of hydrogen-bond donors (Lipinski definition) is 0. The van der Waals surface area contributed by atoms with Crippen LogP contribution in [0.3, 0.4) is 0 Å². The van der Waals surface area contributed by atoms with E-state index in [1.807, 2.05) is 6.92 Å². The second-order valence-electron chi connectivity index (χ2n) is 6.04. The molecule has 1 aromatic carbocycles. The highest BCUT2D eigenvalue weighted by atomic mass is 19.1. The number of amides is 1. The van der Waals surface area contributed by atoms with Gasteiger partial charge < -0.3 is 4.74 Å². The first-order valence-electron chi connectivity index (χ1n) is 7.40. The van der Waals surface area contributed by atoms with E-state index in [2.05, 4.69) is 0 Å². The van der Waals surface area contributed by atoms with Gasteiger partial charge in [0.2, 0.25) is 0 Å². The largest absolute Gasteiger partial charge is 0.380 e. The van der Waals surface area contributed by atoms with Crippen LogP contribution < -0.4 is 0 Å². The molecule has 1 amide bonds. The fraction of sp³-hybridized carbons (Fsp3) is 0.562. The SMILES string of the molecule is C[C@@]1(C(=O)N2OCC[C@H]2c2ccc(F)cc2)CCCOC1. The van der Waals surface area contributed by atoms with Crippen molar-refractivity contribution < 1.29 is 18.8 Å². The average molecular weight is 293 g/mol. The smallest absolute Gasteiger partial charge is 0.254 e. The Balaban J connectivity index is 1.80. The first kappa shape index (κ1) is 14.5. The normalized spacial score (nSPS) is 29.6. The Morgan fingerprint density at radius 1 is 1.33 bits per heavy atom. The van der Waals surface area contributed by atoms with Gasteiger partial charge in [-0.2, -0.15) is 0 Å². The van der Waals surface area contributed by atoms with E-state index in [0.29, 0.717) is 19.8 Å². The van der Waals surface area contributed by atoms with Gasteiger partial charge in [0.05, 0.1) is 24.7 Å². The van der Waals surface area contributed by atoms with Crippen molar-refractivity contribution in [2.45, 2.75) is 32.2 Å². The zero-order valence-electron chi connectivity index (χ0n) is 12.2. The van der Waals surface area contributed by atoms with Crippen LogP contribution in [-0.2, 0) is 14.4 Å². The minimum absolute atomic E-state index is 0.0333. The maximum Gasteiger partial charge on any atom is 0.254 e. The first-order chi connectivity index (χ1) is 10.1. The molecule has 2 saturated heterocycles. The third kappa shape index (κ3) is 2.80. The molecule has 0 radical (unpaired) electrons. The minimum Gasteiger partial charge on any atom is -0.380 e. The van der Waals surface area contributed by atoms with Gasteiger partial charge in [-0.05, 0) is 37.5 Å². The highest BCUT2D eigenvalue weighted by Crippen LogP contribution is 2.37. The van der Waals surface area contributed by atoms with Crippen LogP contribution in [0.2, 0.25) is 0 Å². The number of halogens is 1. The lowest BCUT2D eigenvalue weighted by Gasteiger charge is -2.36. The summed E-state index contributed by atoms with van der Waals surface area (Å²) in [5, 5.41) is 1.47. The zero-order valence-corrected chi connectivity index (χ0v) is 12.2. The minimum atomic E-state index is -0.527. The van der Waals surface area contributed by atoms with Crippen molar-refractivity contribution in [3.8, 4) is 0 Å². The predicted octanol–water partition coefficient (Wildman–Crippen LogP) is 2.85. The number of nitrogens with zero attached hydrogens (tertiary/aromatic N) is 1. The van der Waals surface area contributed by atoms with Crippen LogP contribution in [-0.4, -0.2) is 30.8 Å². The number of benzene rings is 1. The number of hydroxylamine groups is 2. The van der Waals surface area contributed by atoms with Gasteiger partial charge in [-0.1, -0.05) is 12.1 Å². The molecule has 0 aromatic heterocycles. The van der Waals surface area contributed by atoms with Gasteiger partial charge in [0.15, 0.2) is 0 Å². The summed E-state index contributed by atoms with van der Waals surface area (Å²) in [5.74, 6) is -0.308. The average Bonchev–Trinajstić information content (AvgIpc) is 2.97. The van der Waals surface area contributed by atoms with Crippen molar-refractivity contribution in [3.63, 3.8) is 0 Å². The molecule has 4 nitrogen and oxygen atoms in total. The summed E-state index contributed by atoms with van der Waals surface area (Å²) in [5.41, 5.74) is 0.378. The van der Waals surface area contributed by atoms with Gasteiger partial charge in [0, 0.05) is 13.0 Å². The molecule has 2 aliphatic heterocycles. The van der Waals surface area contributed by atoms with E-state index in [1.165, 1.54) is 17.2 Å². The summed E-state index contributed by atoms with van der Waals surface area (Å²) < 4.78 is 18.5. The van der Waals surface area contributed by atoms with Crippen LogP contribution in [0.1, 0.15) is 37.8 Å². The quantitative estimate of drug-likeness (QED) is 0.841. The summed E-state index contributed by atoms with van der Waals surface area (Å²) in [6, 6.07) is 6.13. The molecule has 2 fully saturated rings. The molecule has 0 bridgehead atoms. The van der Waals surface area contributed by atoms with Gasteiger partial charge in [0.25, 0.3) is 5.91 Å². The number of hydrogen-bond acceptors (Lipinski definition) is 3. The van der Waals surface area contributed by atoms with Crippen molar-refractivity contribution >= 4 is 5.91 Å². The molecule has 2 aliphatic rings.